The van der Waals surface area contributed by atoms with E-state index in [-0.39, 0.29) is 29.2 Å². The van der Waals surface area contributed by atoms with E-state index in [1.165, 1.54) is 0 Å². The van der Waals surface area contributed by atoms with Crippen LogP contribution in [0.15, 0.2) is 35.2 Å². The molecule has 0 spiro atoms. The first kappa shape index (κ1) is 21.7. The molecule has 0 N–H and O–H groups in total. The number of carbonyl (C=O) groups is 1. The molecule has 1 heterocycles. The van der Waals surface area contributed by atoms with Crippen molar-refractivity contribution in [3.05, 3.63) is 30.3 Å². The Balaban J connectivity index is 2.30. The topological polar surface area (TPSA) is 63.7 Å². The smallest absolute Gasteiger partial charge is 0.410 e. The van der Waals surface area contributed by atoms with Crippen molar-refractivity contribution in [3.8, 4) is 0 Å². The third kappa shape index (κ3) is 5.71. The van der Waals surface area contributed by atoms with Gasteiger partial charge in [-0.2, -0.15) is 0 Å². The van der Waals surface area contributed by atoms with Crippen LogP contribution < -0.4 is 0 Å². The van der Waals surface area contributed by atoms with Gasteiger partial charge in [-0.25, -0.2) is 13.2 Å². The standard InChI is InChI=1S/C21H33NO4S/c1-20(2,3)18-16(15-27(24,25)17-12-8-7-9-13-17)11-10-14-22(18)19(23)26-21(4,5)6/h7-9,12-13,16,18H,10-11,14-15H2,1-6H3. The molecule has 1 amide bonds. The van der Waals surface area contributed by atoms with Gasteiger partial charge in [-0.05, 0) is 57.1 Å². The predicted molar refractivity (Wildman–Crippen MR) is 107 cm³/mol. The molecular formula is C21H33NO4S. The van der Waals surface area contributed by atoms with E-state index in [1.807, 2.05) is 26.8 Å². The maximum atomic E-state index is 12.9. The number of rotatable bonds is 3. The molecule has 6 heteroatoms. The number of amides is 1. The summed E-state index contributed by atoms with van der Waals surface area (Å²) < 4.78 is 31.5. The van der Waals surface area contributed by atoms with Gasteiger partial charge in [0, 0.05) is 12.6 Å². The number of nitrogens with zero attached hydrogens (tertiary/aromatic N) is 1. The van der Waals surface area contributed by atoms with Crippen molar-refractivity contribution in [3.63, 3.8) is 0 Å². The van der Waals surface area contributed by atoms with Crippen molar-refractivity contribution in [2.45, 2.75) is 70.9 Å². The van der Waals surface area contributed by atoms with Gasteiger partial charge in [0.05, 0.1) is 10.6 Å². The Kier molecular flexibility index (Phi) is 6.30. The highest BCUT2D eigenvalue weighted by Gasteiger charge is 2.44. The van der Waals surface area contributed by atoms with Crippen molar-refractivity contribution in [1.82, 2.24) is 4.90 Å². The maximum absolute atomic E-state index is 12.9. The average molecular weight is 396 g/mol. The Morgan fingerprint density at radius 1 is 1.11 bits per heavy atom. The Hall–Kier alpha value is -1.56. The molecule has 27 heavy (non-hydrogen) atoms. The molecule has 2 atom stereocenters. The third-order valence-electron chi connectivity index (χ3n) is 4.81. The lowest BCUT2D eigenvalue weighted by Crippen LogP contribution is -2.56. The first-order chi connectivity index (χ1) is 12.3. The molecular weight excluding hydrogens is 362 g/mol. The van der Waals surface area contributed by atoms with Crippen LogP contribution in [0.1, 0.15) is 54.4 Å². The molecule has 1 fully saturated rings. The highest BCUT2D eigenvalue weighted by atomic mass is 32.2. The molecule has 5 nitrogen and oxygen atoms in total. The molecule has 152 valence electrons. The summed E-state index contributed by atoms with van der Waals surface area (Å²) in [5.41, 5.74) is -0.837. The van der Waals surface area contributed by atoms with Gasteiger partial charge < -0.3 is 9.64 Å². The van der Waals surface area contributed by atoms with E-state index >= 15 is 0 Å². The summed E-state index contributed by atoms with van der Waals surface area (Å²) in [5, 5.41) is 0. The lowest BCUT2D eigenvalue weighted by atomic mass is 9.75. The lowest BCUT2D eigenvalue weighted by molar-refractivity contribution is -0.0209. The molecule has 1 aliphatic heterocycles. The van der Waals surface area contributed by atoms with Crippen LogP contribution in [-0.4, -0.2) is 43.4 Å². The largest absolute Gasteiger partial charge is 0.444 e. The van der Waals surface area contributed by atoms with E-state index in [1.54, 1.807) is 29.2 Å². The minimum atomic E-state index is -3.42. The summed E-state index contributed by atoms with van der Waals surface area (Å²) in [4.78, 5) is 14.9. The summed E-state index contributed by atoms with van der Waals surface area (Å²) in [6, 6.07) is 8.36. The van der Waals surface area contributed by atoms with Gasteiger partial charge in [0.1, 0.15) is 5.60 Å². The van der Waals surface area contributed by atoms with E-state index in [4.69, 9.17) is 4.74 Å². The lowest BCUT2D eigenvalue weighted by Gasteiger charge is -2.47. The molecule has 0 radical (unpaired) electrons. The highest BCUT2D eigenvalue weighted by Crippen LogP contribution is 2.38. The van der Waals surface area contributed by atoms with Crippen LogP contribution in [0.25, 0.3) is 0 Å². The number of piperidine rings is 1. The zero-order valence-corrected chi connectivity index (χ0v) is 18.2. The first-order valence-corrected chi connectivity index (χ1v) is 11.2. The molecule has 2 rings (SSSR count). The quantitative estimate of drug-likeness (QED) is 0.755. The Labute approximate surface area is 164 Å². The van der Waals surface area contributed by atoms with Gasteiger partial charge in [-0.1, -0.05) is 39.0 Å². The van der Waals surface area contributed by atoms with Gasteiger partial charge >= 0.3 is 6.09 Å². The van der Waals surface area contributed by atoms with Crippen LogP contribution in [0, 0.1) is 11.3 Å². The molecule has 1 aromatic carbocycles. The van der Waals surface area contributed by atoms with Crippen molar-refractivity contribution in [2.75, 3.05) is 12.3 Å². The molecule has 1 saturated heterocycles. The number of benzene rings is 1. The van der Waals surface area contributed by atoms with Crippen molar-refractivity contribution in [1.29, 1.82) is 0 Å². The van der Waals surface area contributed by atoms with Crippen LogP contribution in [0.2, 0.25) is 0 Å². The number of hydrogen-bond donors (Lipinski definition) is 0. The second kappa shape index (κ2) is 7.82. The predicted octanol–water partition coefficient (Wildman–Crippen LogP) is 4.52. The zero-order chi connectivity index (χ0) is 20.5. The normalized spacial score (nSPS) is 21.8. The number of hydrogen-bond acceptors (Lipinski definition) is 4. The number of ether oxygens (including phenoxy) is 1. The van der Waals surface area contributed by atoms with Crippen LogP contribution in [0.4, 0.5) is 4.79 Å². The number of carbonyl (C=O) groups excluding carboxylic acids is 1. The summed E-state index contributed by atoms with van der Waals surface area (Å²) in [5.74, 6) is -0.0883. The van der Waals surface area contributed by atoms with Crippen molar-refractivity contribution >= 4 is 15.9 Å². The zero-order valence-electron chi connectivity index (χ0n) is 17.4. The second-order valence-electron chi connectivity index (χ2n) is 9.48. The second-order valence-corrected chi connectivity index (χ2v) is 11.5. The fraction of sp³-hybridized carbons (Fsp3) is 0.667. The van der Waals surface area contributed by atoms with E-state index in [0.29, 0.717) is 11.4 Å². The van der Waals surface area contributed by atoms with Gasteiger partial charge in [0.2, 0.25) is 0 Å². The van der Waals surface area contributed by atoms with Gasteiger partial charge in [0.25, 0.3) is 0 Å². The van der Waals surface area contributed by atoms with E-state index in [2.05, 4.69) is 20.8 Å². The molecule has 1 aromatic rings. The number of likely N-dealkylation sites (tertiary alicyclic amines) is 1. The summed E-state index contributed by atoms with van der Waals surface area (Å²) in [7, 11) is -3.42. The molecule has 1 aliphatic rings. The van der Waals surface area contributed by atoms with Crippen LogP contribution in [0.3, 0.4) is 0 Å². The molecule has 0 aliphatic carbocycles. The molecule has 0 bridgehead atoms. The van der Waals surface area contributed by atoms with Crippen molar-refractivity contribution in [2.24, 2.45) is 11.3 Å². The van der Waals surface area contributed by atoms with Crippen molar-refractivity contribution < 1.29 is 17.9 Å². The van der Waals surface area contributed by atoms with Crippen LogP contribution >= 0.6 is 0 Å². The van der Waals surface area contributed by atoms with Gasteiger partial charge in [-0.3, -0.25) is 0 Å². The van der Waals surface area contributed by atoms with E-state index in [0.717, 1.165) is 12.8 Å². The summed E-state index contributed by atoms with van der Waals surface area (Å²) >= 11 is 0. The Morgan fingerprint density at radius 3 is 2.22 bits per heavy atom. The minimum Gasteiger partial charge on any atom is -0.444 e. The highest BCUT2D eigenvalue weighted by molar-refractivity contribution is 7.91. The molecule has 0 aromatic heterocycles. The fourth-order valence-electron chi connectivity index (χ4n) is 3.96. The molecule has 0 saturated carbocycles. The van der Waals surface area contributed by atoms with E-state index in [9.17, 15) is 13.2 Å². The minimum absolute atomic E-state index is 0.0399. The Bertz CT molecular complexity index is 745. The first-order valence-electron chi connectivity index (χ1n) is 9.59. The van der Waals surface area contributed by atoms with Gasteiger partial charge in [0.15, 0.2) is 9.84 Å². The van der Waals surface area contributed by atoms with Crippen LogP contribution in [-0.2, 0) is 14.6 Å². The van der Waals surface area contributed by atoms with Gasteiger partial charge in [-0.15, -0.1) is 0 Å². The SMILES string of the molecule is CC(C)(C)OC(=O)N1CCCC(CS(=O)(=O)c2ccccc2)C1C(C)(C)C. The third-order valence-corrected chi connectivity index (χ3v) is 6.66. The monoisotopic (exact) mass is 395 g/mol. The van der Waals surface area contributed by atoms with Crippen LogP contribution in [0.5, 0.6) is 0 Å². The van der Waals surface area contributed by atoms with E-state index < -0.39 is 15.4 Å². The maximum Gasteiger partial charge on any atom is 0.410 e. The summed E-state index contributed by atoms with van der Waals surface area (Å²) in [6.07, 6.45) is 1.21. The number of sulfone groups is 1. The Morgan fingerprint density at radius 2 is 1.70 bits per heavy atom. The fourth-order valence-corrected chi connectivity index (χ4v) is 5.63. The summed E-state index contributed by atoms with van der Waals surface area (Å²) in [6.45, 7) is 12.3. The molecule has 2 unspecified atom stereocenters. The average Bonchev–Trinajstić information content (AvgIpc) is 2.52.